The first-order valence-electron chi connectivity index (χ1n) is 3.96. The van der Waals surface area contributed by atoms with E-state index in [-0.39, 0.29) is 35.2 Å². The molecule has 0 aromatic rings. The van der Waals surface area contributed by atoms with Gasteiger partial charge in [-0.3, -0.25) is 0 Å². The third kappa shape index (κ3) is 23.1. The molecule has 0 radical (unpaired) electrons. The third-order valence-corrected chi connectivity index (χ3v) is 1.84. The van der Waals surface area contributed by atoms with Crippen LogP contribution < -0.4 is 13.3 Å². The van der Waals surface area contributed by atoms with Gasteiger partial charge in [-0.25, -0.2) is 0 Å². The van der Waals surface area contributed by atoms with E-state index < -0.39 is 6.10 Å². The molecule has 0 aliphatic heterocycles. The van der Waals surface area contributed by atoms with Crippen molar-refractivity contribution in [3.63, 3.8) is 0 Å². The van der Waals surface area contributed by atoms with Gasteiger partial charge < -0.3 is 9.90 Å². The molecule has 1 unspecified atom stereocenters. The van der Waals surface area contributed by atoms with Gasteiger partial charge in [0.15, 0.2) is 0 Å². The van der Waals surface area contributed by atoms with Crippen LogP contribution in [0, 0.1) is 5.41 Å². The summed E-state index contributed by atoms with van der Waals surface area (Å²) in [7, 11) is 0. The Kier molecular flexibility index (Phi) is 33.5. The fraction of sp³-hybridized carbons (Fsp3) is 0.875. The maximum absolute atomic E-state index is 10.7. The van der Waals surface area contributed by atoms with Crippen molar-refractivity contribution in [2.45, 2.75) is 40.2 Å². The fourth-order valence-electron chi connectivity index (χ4n) is 0.789. The summed E-state index contributed by atoms with van der Waals surface area (Å²) in [4.78, 5) is 10.7. The third-order valence-electron chi connectivity index (χ3n) is 1.84. The summed E-state index contributed by atoms with van der Waals surface area (Å²) in [5, 5.41) is 9.18. The predicted molar refractivity (Wildman–Crippen MR) is 112 cm³/mol. The van der Waals surface area contributed by atoms with Crippen LogP contribution in [0.15, 0.2) is 0 Å². The molecule has 8 heteroatoms. The van der Waals surface area contributed by atoms with E-state index >= 15 is 0 Å². The molecule has 0 amide bonds. The van der Waals surface area contributed by atoms with E-state index in [1.54, 1.807) is 13.8 Å². The molecular weight excluding hydrogens is 890 g/mol. The Morgan fingerprint density at radius 3 is 1.69 bits per heavy atom. The number of rotatable bonds is 3. The van der Waals surface area contributed by atoms with Crippen LogP contribution >= 0.6 is 98.4 Å². The number of aliphatic hydroxyl groups is 1. The molecule has 2 nitrogen and oxygen atoms in total. The second-order valence-corrected chi connectivity index (χ2v) is 19.8. The Bertz CT molecular complexity index is 151. The summed E-state index contributed by atoms with van der Waals surface area (Å²) in [6, 6.07) is 0. The first kappa shape index (κ1) is 28.2. The Balaban J connectivity index is -0.000000104. The predicted octanol–water partition coefficient (Wildman–Crippen LogP) is 2.54. The number of hydrogen-bond acceptors (Lipinski definition) is 2. The monoisotopic (exact) mass is 907 g/mol. The van der Waals surface area contributed by atoms with Gasteiger partial charge in [0.05, 0.1) is 6.10 Å². The molecule has 1 atom stereocenters. The molecule has 0 spiro atoms. The SMILES string of the molecule is CC(=O)CC(C)(C)C(C)O.I.II.I[I-]I. The van der Waals surface area contributed by atoms with E-state index in [1.165, 1.54) is 0 Å². The molecule has 104 valence electrons. The quantitative estimate of drug-likeness (QED) is 0.443. The second-order valence-electron chi connectivity index (χ2n) is 3.60. The maximum atomic E-state index is 10.7. The van der Waals surface area contributed by atoms with Crippen molar-refractivity contribution in [2.75, 3.05) is 0 Å². The zero-order valence-electron chi connectivity index (χ0n) is 9.44. The molecule has 16 heavy (non-hydrogen) atoms. The van der Waals surface area contributed by atoms with E-state index in [1.807, 2.05) is 13.8 Å². The molecule has 0 aliphatic rings. The number of carbonyl (C=O) groups excluding carboxylic acids is 1. The van der Waals surface area contributed by atoms with Crippen molar-refractivity contribution in [3.8, 4) is 0 Å². The summed E-state index contributed by atoms with van der Waals surface area (Å²) >= 11 is 9.54. The molecule has 1 N–H and O–H groups in total. The van der Waals surface area contributed by atoms with Crippen molar-refractivity contribution < 1.29 is 23.2 Å². The number of ketones is 1. The molecule has 0 fully saturated rings. The topological polar surface area (TPSA) is 37.3 Å². The minimum absolute atomic E-state index is 0. The van der Waals surface area contributed by atoms with E-state index in [9.17, 15) is 9.90 Å². The number of Topliss-reactive ketones (excluding diaryl/α,β-unsaturated/α-hetero) is 1. The van der Waals surface area contributed by atoms with E-state index in [4.69, 9.17) is 0 Å². The summed E-state index contributed by atoms with van der Waals surface area (Å²) in [5.41, 5.74) is -0.272. The molecule has 0 rings (SSSR count). The van der Waals surface area contributed by atoms with Gasteiger partial charge in [0, 0.05) is 43.7 Å². The Morgan fingerprint density at radius 2 is 1.62 bits per heavy atom. The molecule has 0 aromatic heterocycles. The molecule has 0 saturated carbocycles. The number of carbonyl (C=O) groups is 1. The first-order valence-corrected chi connectivity index (χ1v) is 22.8. The fourth-order valence-corrected chi connectivity index (χ4v) is 0.789. The van der Waals surface area contributed by atoms with Crippen LogP contribution in [0.3, 0.4) is 0 Å². The average Bonchev–Trinajstić information content (AvgIpc) is 2.06. The van der Waals surface area contributed by atoms with E-state index in [2.05, 4.69) is 74.5 Å². The van der Waals surface area contributed by atoms with Gasteiger partial charge in [0.25, 0.3) is 0 Å². The van der Waals surface area contributed by atoms with Crippen LogP contribution in [0.25, 0.3) is 0 Å². The molecule has 0 aliphatic carbocycles. The molecule has 0 saturated heterocycles. The molecule has 0 heterocycles. The van der Waals surface area contributed by atoms with Crippen molar-refractivity contribution in [1.29, 1.82) is 0 Å². The van der Waals surface area contributed by atoms with Crippen molar-refractivity contribution in [2.24, 2.45) is 5.41 Å². The number of halogens is 6. The van der Waals surface area contributed by atoms with Gasteiger partial charge in [0.1, 0.15) is 5.78 Å². The van der Waals surface area contributed by atoms with Crippen LogP contribution in [0.1, 0.15) is 34.1 Å². The summed E-state index contributed by atoms with van der Waals surface area (Å²) in [6.07, 6.45) is 0.0291. The van der Waals surface area contributed by atoms with Crippen LogP contribution in [0.4, 0.5) is 0 Å². The number of aliphatic hydroxyl groups excluding tert-OH is 1. The van der Waals surface area contributed by atoms with Crippen LogP contribution in [-0.2, 0) is 4.79 Å². The van der Waals surface area contributed by atoms with Crippen molar-refractivity contribution in [3.05, 3.63) is 0 Å². The standard InChI is InChI=1S/C8H16O2.I3.I2.HI/c1-6(9)5-8(3,4)7(2)10;1-3-2;1-2;/h7,10H,5H2,1-4H3;;;1H/q;-1;;. The molecule has 0 bridgehead atoms. The molecule has 0 aromatic carbocycles. The van der Waals surface area contributed by atoms with Gasteiger partial charge in [-0.1, -0.05) is 13.8 Å². The zero-order valence-corrected chi connectivity index (χ0v) is 22.6. The van der Waals surface area contributed by atoms with Gasteiger partial charge in [-0.2, -0.15) is 0 Å². The van der Waals surface area contributed by atoms with Crippen LogP contribution in [0.5, 0.6) is 0 Å². The summed E-state index contributed by atoms with van der Waals surface area (Å²) < 4.78 is 0. The normalized spacial score (nSPS) is 11.1. The van der Waals surface area contributed by atoms with Crippen LogP contribution in [0.2, 0.25) is 0 Å². The summed E-state index contributed by atoms with van der Waals surface area (Å²) in [5.74, 6) is 0.130. The first-order chi connectivity index (χ1) is 6.77. The number of hydrogen-bond donors (Lipinski definition) is 1. The van der Waals surface area contributed by atoms with Gasteiger partial charge >= 0.3 is 50.5 Å². The van der Waals surface area contributed by atoms with Gasteiger partial charge in [0.2, 0.25) is 0 Å². The Labute approximate surface area is 169 Å². The van der Waals surface area contributed by atoms with Gasteiger partial charge in [-0.15, -0.1) is 24.0 Å². The summed E-state index contributed by atoms with van der Waals surface area (Å²) in [6.45, 7) is 7.03. The Hall–Kier alpha value is 4.01. The van der Waals surface area contributed by atoms with Gasteiger partial charge in [-0.05, 0) is 19.3 Å². The second kappa shape index (κ2) is 19.0. The van der Waals surface area contributed by atoms with E-state index in [0.29, 0.717) is 19.7 Å². The van der Waals surface area contributed by atoms with Crippen molar-refractivity contribution in [1.82, 2.24) is 0 Å². The van der Waals surface area contributed by atoms with E-state index in [0.717, 1.165) is 0 Å². The average molecular weight is 907 g/mol. The Morgan fingerprint density at radius 1 is 1.38 bits per heavy atom. The zero-order chi connectivity index (χ0) is 13.1. The van der Waals surface area contributed by atoms with Crippen LogP contribution in [-0.4, -0.2) is 17.0 Å². The minimum atomic E-state index is -0.420. The van der Waals surface area contributed by atoms with Crippen molar-refractivity contribution >= 4 is 104 Å². The molecular formula is C8H17I6O2-.